The van der Waals surface area contributed by atoms with Gasteiger partial charge in [-0.15, -0.1) is 0 Å². The summed E-state index contributed by atoms with van der Waals surface area (Å²) in [5.74, 6) is -1.14. The number of nitrogens with one attached hydrogen (secondary N) is 1. The van der Waals surface area contributed by atoms with Gasteiger partial charge in [-0.3, -0.25) is 9.10 Å². The number of halogens is 2. The van der Waals surface area contributed by atoms with Crippen LogP contribution < -0.4 is 9.62 Å². The highest BCUT2D eigenvalue weighted by molar-refractivity contribution is 7.92. The molecule has 0 aliphatic heterocycles. The van der Waals surface area contributed by atoms with Crippen LogP contribution in [-0.2, 0) is 14.8 Å². The van der Waals surface area contributed by atoms with Crippen molar-refractivity contribution in [3.8, 4) is 0 Å². The van der Waals surface area contributed by atoms with Crippen molar-refractivity contribution in [3.63, 3.8) is 0 Å². The van der Waals surface area contributed by atoms with Gasteiger partial charge in [0, 0.05) is 5.69 Å². The van der Waals surface area contributed by atoms with Crippen LogP contribution in [0.5, 0.6) is 0 Å². The van der Waals surface area contributed by atoms with Gasteiger partial charge < -0.3 is 5.32 Å². The highest BCUT2D eigenvalue weighted by Gasteiger charge is 2.32. The van der Waals surface area contributed by atoms with Gasteiger partial charge in [0.2, 0.25) is 15.9 Å². The summed E-state index contributed by atoms with van der Waals surface area (Å²) in [6, 6.07) is 8.04. The Kier molecular flexibility index (Phi) is 6.49. The molecule has 0 saturated carbocycles. The lowest BCUT2D eigenvalue weighted by molar-refractivity contribution is -0.117. The van der Waals surface area contributed by atoms with Crippen molar-refractivity contribution in [2.45, 2.75) is 33.2 Å². The number of aryl methyl sites for hydroxylation is 1. The Morgan fingerprint density at radius 2 is 1.93 bits per heavy atom. The summed E-state index contributed by atoms with van der Waals surface area (Å²) in [5.41, 5.74) is 2.65. The van der Waals surface area contributed by atoms with Gasteiger partial charge in [0.25, 0.3) is 0 Å². The molecule has 0 heterocycles. The van der Waals surface area contributed by atoms with Crippen LogP contribution in [0.25, 0.3) is 0 Å². The van der Waals surface area contributed by atoms with E-state index in [1.807, 2.05) is 26.0 Å². The maximum atomic E-state index is 13.5. The fraction of sp³-hybridized carbons (Fsp3) is 0.316. The van der Waals surface area contributed by atoms with Crippen molar-refractivity contribution < 1.29 is 17.6 Å². The number of sulfonamides is 1. The highest BCUT2D eigenvalue weighted by atomic mass is 35.5. The third-order valence-electron chi connectivity index (χ3n) is 4.35. The van der Waals surface area contributed by atoms with Crippen molar-refractivity contribution >= 4 is 38.9 Å². The second-order valence-corrected chi connectivity index (χ2v) is 8.58. The van der Waals surface area contributed by atoms with Crippen LogP contribution in [0.1, 0.15) is 24.5 Å². The van der Waals surface area contributed by atoms with Crippen LogP contribution in [0.2, 0.25) is 5.02 Å². The van der Waals surface area contributed by atoms with E-state index < -0.39 is 27.8 Å². The van der Waals surface area contributed by atoms with E-state index in [1.165, 1.54) is 12.1 Å². The molecule has 2 aromatic carbocycles. The Morgan fingerprint density at radius 1 is 1.26 bits per heavy atom. The molecule has 0 aliphatic rings. The number of carbonyl (C=O) groups is 1. The van der Waals surface area contributed by atoms with Gasteiger partial charge in [0.15, 0.2) is 0 Å². The van der Waals surface area contributed by atoms with Gasteiger partial charge in [-0.2, -0.15) is 0 Å². The first-order valence-corrected chi connectivity index (χ1v) is 10.6. The number of hydrogen-bond acceptors (Lipinski definition) is 3. The first-order valence-electron chi connectivity index (χ1n) is 8.37. The Hall–Kier alpha value is -2.12. The van der Waals surface area contributed by atoms with Gasteiger partial charge >= 0.3 is 0 Å². The molecule has 2 rings (SSSR count). The first kappa shape index (κ1) is 21.2. The van der Waals surface area contributed by atoms with E-state index >= 15 is 0 Å². The summed E-state index contributed by atoms with van der Waals surface area (Å²) in [6.45, 7) is 5.50. The second-order valence-electron chi connectivity index (χ2n) is 6.32. The molecular weight excluding hydrogens is 391 g/mol. The highest BCUT2D eigenvalue weighted by Crippen LogP contribution is 2.28. The number of nitrogens with zero attached hydrogens (tertiary/aromatic N) is 1. The average molecular weight is 413 g/mol. The summed E-state index contributed by atoms with van der Waals surface area (Å²) in [7, 11) is -3.82. The zero-order valence-corrected chi connectivity index (χ0v) is 17.2. The number of benzene rings is 2. The molecule has 1 amide bonds. The monoisotopic (exact) mass is 412 g/mol. The Labute approximate surface area is 164 Å². The van der Waals surface area contributed by atoms with E-state index in [-0.39, 0.29) is 17.1 Å². The molecule has 2 aromatic rings. The molecule has 1 N–H and O–H groups in total. The summed E-state index contributed by atoms with van der Waals surface area (Å²) < 4.78 is 39.3. The van der Waals surface area contributed by atoms with Crippen LogP contribution in [-0.4, -0.2) is 26.6 Å². The Morgan fingerprint density at radius 3 is 2.48 bits per heavy atom. The number of amides is 1. The van der Waals surface area contributed by atoms with Crippen molar-refractivity contribution in [1.29, 1.82) is 0 Å². The molecule has 0 radical (unpaired) electrons. The van der Waals surface area contributed by atoms with Gasteiger partial charge in [0.1, 0.15) is 11.9 Å². The SMILES string of the molecule is CC[C@@H](C(=O)Nc1cccc(C)c1C)N(c1ccc(F)c(Cl)c1)S(C)(=O)=O. The average Bonchev–Trinajstić information content (AvgIpc) is 2.58. The Bertz CT molecular complexity index is 963. The lowest BCUT2D eigenvalue weighted by Crippen LogP contribution is -2.47. The molecule has 8 heteroatoms. The topological polar surface area (TPSA) is 66.5 Å². The number of anilines is 2. The smallest absolute Gasteiger partial charge is 0.248 e. The molecule has 1 atom stereocenters. The molecule has 146 valence electrons. The van der Waals surface area contributed by atoms with E-state index in [9.17, 15) is 17.6 Å². The third kappa shape index (κ3) is 4.78. The summed E-state index contributed by atoms with van der Waals surface area (Å²) in [5, 5.41) is 2.58. The van der Waals surface area contributed by atoms with E-state index in [1.54, 1.807) is 13.0 Å². The molecule has 0 unspecified atom stereocenters. The fourth-order valence-corrected chi connectivity index (χ4v) is 4.16. The molecule has 0 spiro atoms. The molecule has 0 fully saturated rings. The first-order chi connectivity index (χ1) is 12.6. The molecule has 27 heavy (non-hydrogen) atoms. The molecule has 5 nitrogen and oxygen atoms in total. The maximum Gasteiger partial charge on any atom is 0.248 e. The maximum absolute atomic E-state index is 13.5. The minimum Gasteiger partial charge on any atom is -0.324 e. The third-order valence-corrected chi connectivity index (χ3v) is 5.82. The van der Waals surface area contributed by atoms with E-state index in [0.29, 0.717) is 5.69 Å². The van der Waals surface area contributed by atoms with Crippen LogP contribution in [0.4, 0.5) is 15.8 Å². The predicted molar refractivity (Wildman–Crippen MR) is 107 cm³/mol. The predicted octanol–water partition coefficient (Wildman–Crippen LogP) is 4.28. The van der Waals surface area contributed by atoms with Crippen molar-refractivity contribution in [2.75, 3.05) is 15.9 Å². The van der Waals surface area contributed by atoms with Crippen LogP contribution in [0, 0.1) is 19.7 Å². The van der Waals surface area contributed by atoms with Gasteiger partial charge in [0.05, 0.1) is 17.0 Å². The summed E-state index contributed by atoms with van der Waals surface area (Å²) in [4.78, 5) is 12.9. The quantitative estimate of drug-likeness (QED) is 0.770. The molecular formula is C19H22ClFN2O3S. The molecule has 0 bridgehead atoms. The lowest BCUT2D eigenvalue weighted by atomic mass is 10.1. The number of hydrogen-bond donors (Lipinski definition) is 1. The van der Waals surface area contributed by atoms with Crippen molar-refractivity contribution in [3.05, 3.63) is 58.4 Å². The van der Waals surface area contributed by atoms with Crippen LogP contribution in [0.3, 0.4) is 0 Å². The van der Waals surface area contributed by atoms with Gasteiger partial charge in [-0.05, 0) is 55.7 Å². The van der Waals surface area contributed by atoms with Gasteiger partial charge in [-0.1, -0.05) is 30.7 Å². The minimum absolute atomic E-state index is 0.131. The van der Waals surface area contributed by atoms with E-state index in [4.69, 9.17) is 11.6 Å². The zero-order chi connectivity index (χ0) is 20.4. The van der Waals surface area contributed by atoms with Crippen LogP contribution in [0.15, 0.2) is 36.4 Å². The number of carbonyl (C=O) groups excluding carboxylic acids is 1. The van der Waals surface area contributed by atoms with Crippen molar-refractivity contribution in [1.82, 2.24) is 0 Å². The number of rotatable bonds is 6. The molecule has 0 aromatic heterocycles. The van der Waals surface area contributed by atoms with E-state index in [2.05, 4.69) is 5.32 Å². The van der Waals surface area contributed by atoms with Gasteiger partial charge in [-0.25, -0.2) is 12.8 Å². The summed E-state index contributed by atoms with van der Waals surface area (Å²) in [6.07, 6.45) is 1.22. The van der Waals surface area contributed by atoms with E-state index in [0.717, 1.165) is 27.8 Å². The zero-order valence-electron chi connectivity index (χ0n) is 15.6. The molecule has 0 aliphatic carbocycles. The lowest BCUT2D eigenvalue weighted by Gasteiger charge is -2.30. The minimum atomic E-state index is -3.82. The largest absolute Gasteiger partial charge is 0.324 e. The van der Waals surface area contributed by atoms with Crippen molar-refractivity contribution in [2.24, 2.45) is 0 Å². The second kappa shape index (κ2) is 8.27. The fourth-order valence-electron chi connectivity index (χ4n) is 2.78. The Balaban J connectivity index is 2.44. The standard InChI is InChI=1S/C19H22ClFN2O3S/c1-5-18(19(24)22-17-8-6-7-12(2)13(17)3)23(27(4,25)26)14-9-10-16(21)15(20)11-14/h6-11,18H,5H2,1-4H3,(H,22,24)/t18-/m0/s1. The molecule has 0 saturated heterocycles. The normalized spacial score (nSPS) is 12.5. The summed E-state index contributed by atoms with van der Waals surface area (Å²) >= 11 is 5.81. The van der Waals surface area contributed by atoms with Crippen LogP contribution >= 0.6 is 11.6 Å².